The molecule has 4 rings (SSSR count). The average Bonchev–Trinajstić information content (AvgIpc) is 2.68. The van der Waals surface area contributed by atoms with Crippen LogP contribution in [0.2, 0.25) is 0 Å². The molecular weight excluding hydrogens is 380 g/mol. The van der Waals surface area contributed by atoms with Crippen molar-refractivity contribution < 1.29 is 22.8 Å². The molecule has 0 fully saturated rings. The quantitative estimate of drug-likeness (QED) is 0.687. The fourth-order valence-electron chi connectivity index (χ4n) is 3.27. The van der Waals surface area contributed by atoms with Gasteiger partial charge in [0.1, 0.15) is 0 Å². The SMILES string of the molecule is CS(=O)(=O)c1ccccc1C(=O)NN1C(=O)c2cccc3cccc(c23)C1=O. The summed E-state index contributed by atoms with van der Waals surface area (Å²) < 4.78 is 23.9. The van der Waals surface area contributed by atoms with E-state index in [2.05, 4.69) is 5.43 Å². The van der Waals surface area contributed by atoms with Gasteiger partial charge in [0.05, 0.1) is 21.6 Å². The van der Waals surface area contributed by atoms with Crippen molar-refractivity contribution >= 4 is 38.3 Å². The minimum absolute atomic E-state index is 0.150. The van der Waals surface area contributed by atoms with Gasteiger partial charge in [0.2, 0.25) is 0 Å². The molecule has 28 heavy (non-hydrogen) atoms. The Bertz CT molecular complexity index is 1230. The first-order valence-electron chi connectivity index (χ1n) is 8.29. The molecule has 0 unspecified atom stereocenters. The summed E-state index contributed by atoms with van der Waals surface area (Å²) in [5.74, 6) is -2.23. The highest BCUT2D eigenvalue weighted by Gasteiger charge is 2.34. The third kappa shape index (κ3) is 2.74. The van der Waals surface area contributed by atoms with E-state index >= 15 is 0 Å². The van der Waals surface area contributed by atoms with Crippen LogP contribution in [0.15, 0.2) is 65.6 Å². The van der Waals surface area contributed by atoms with Crippen LogP contribution in [0.1, 0.15) is 31.1 Å². The topological polar surface area (TPSA) is 101 Å². The van der Waals surface area contributed by atoms with Gasteiger partial charge >= 0.3 is 0 Å². The predicted octanol–water partition coefficient (Wildman–Crippen LogP) is 2.18. The van der Waals surface area contributed by atoms with Crippen LogP contribution in [0.25, 0.3) is 10.8 Å². The van der Waals surface area contributed by atoms with Gasteiger partial charge in [-0.05, 0) is 29.7 Å². The van der Waals surface area contributed by atoms with Crippen LogP contribution >= 0.6 is 0 Å². The van der Waals surface area contributed by atoms with Crippen molar-refractivity contribution in [2.75, 3.05) is 6.26 Å². The summed E-state index contributed by atoms with van der Waals surface area (Å²) in [4.78, 5) is 38.2. The van der Waals surface area contributed by atoms with E-state index in [0.717, 1.165) is 11.6 Å². The van der Waals surface area contributed by atoms with E-state index in [9.17, 15) is 22.8 Å². The van der Waals surface area contributed by atoms with E-state index in [0.29, 0.717) is 10.4 Å². The number of nitrogens with zero attached hydrogens (tertiary/aromatic N) is 1. The van der Waals surface area contributed by atoms with Crippen molar-refractivity contribution in [2.45, 2.75) is 4.90 Å². The fraction of sp³-hybridized carbons (Fsp3) is 0.0500. The average molecular weight is 394 g/mol. The zero-order chi connectivity index (χ0) is 20.1. The summed E-state index contributed by atoms with van der Waals surface area (Å²) in [6.45, 7) is 0. The van der Waals surface area contributed by atoms with Crippen LogP contribution < -0.4 is 5.43 Å². The molecule has 3 aromatic rings. The minimum Gasteiger partial charge on any atom is -0.267 e. The summed E-state index contributed by atoms with van der Waals surface area (Å²) in [5.41, 5.74) is 2.68. The fourth-order valence-corrected chi connectivity index (χ4v) is 4.16. The third-order valence-electron chi connectivity index (χ3n) is 4.52. The lowest BCUT2D eigenvalue weighted by Crippen LogP contribution is -2.51. The molecule has 1 N–H and O–H groups in total. The first-order chi connectivity index (χ1) is 13.3. The minimum atomic E-state index is -3.68. The number of hydrogen-bond acceptors (Lipinski definition) is 5. The zero-order valence-corrected chi connectivity index (χ0v) is 15.5. The maximum Gasteiger partial charge on any atom is 0.280 e. The number of amides is 3. The molecule has 8 heteroatoms. The Kier molecular flexibility index (Phi) is 4.01. The Labute approximate surface area is 160 Å². The van der Waals surface area contributed by atoms with Gasteiger partial charge in [-0.1, -0.05) is 36.4 Å². The number of hydrogen-bond donors (Lipinski definition) is 1. The van der Waals surface area contributed by atoms with Crippen molar-refractivity contribution in [3.63, 3.8) is 0 Å². The Morgan fingerprint density at radius 1 is 0.857 bits per heavy atom. The third-order valence-corrected chi connectivity index (χ3v) is 5.67. The van der Waals surface area contributed by atoms with E-state index in [4.69, 9.17) is 0 Å². The van der Waals surface area contributed by atoms with Crippen LogP contribution in [-0.2, 0) is 9.84 Å². The summed E-state index contributed by atoms with van der Waals surface area (Å²) >= 11 is 0. The van der Waals surface area contributed by atoms with E-state index < -0.39 is 27.6 Å². The maximum atomic E-state index is 12.8. The Balaban J connectivity index is 1.76. The molecule has 7 nitrogen and oxygen atoms in total. The predicted molar refractivity (Wildman–Crippen MR) is 101 cm³/mol. The molecule has 3 aromatic carbocycles. The van der Waals surface area contributed by atoms with Crippen molar-refractivity contribution in [3.05, 3.63) is 77.4 Å². The smallest absolute Gasteiger partial charge is 0.267 e. The van der Waals surface area contributed by atoms with Gasteiger partial charge < -0.3 is 0 Å². The summed E-state index contributed by atoms with van der Waals surface area (Å²) in [6.07, 6.45) is 0.979. The van der Waals surface area contributed by atoms with Crippen LogP contribution in [0.4, 0.5) is 0 Å². The number of benzene rings is 3. The van der Waals surface area contributed by atoms with Gasteiger partial charge in [-0.25, -0.2) is 8.42 Å². The summed E-state index contributed by atoms with van der Waals surface area (Å²) in [6, 6.07) is 15.7. The zero-order valence-electron chi connectivity index (χ0n) is 14.7. The number of rotatable bonds is 3. The van der Waals surface area contributed by atoms with E-state index in [1.165, 1.54) is 24.3 Å². The number of imide groups is 1. The van der Waals surface area contributed by atoms with Gasteiger partial charge in [-0.15, -0.1) is 0 Å². The lowest BCUT2D eigenvalue weighted by molar-refractivity contribution is 0.0478. The van der Waals surface area contributed by atoms with Crippen molar-refractivity contribution in [1.29, 1.82) is 0 Å². The largest absolute Gasteiger partial charge is 0.280 e. The molecule has 0 spiro atoms. The molecule has 3 amide bonds. The van der Waals surface area contributed by atoms with E-state index in [-0.39, 0.29) is 21.6 Å². The molecule has 1 aliphatic heterocycles. The number of sulfone groups is 1. The van der Waals surface area contributed by atoms with Gasteiger partial charge in [-0.2, -0.15) is 5.01 Å². The molecular formula is C20H14N2O5S. The van der Waals surface area contributed by atoms with Crippen LogP contribution in [0.3, 0.4) is 0 Å². The highest BCUT2D eigenvalue weighted by Crippen LogP contribution is 2.29. The monoisotopic (exact) mass is 394 g/mol. The standard InChI is InChI=1S/C20H14N2O5S/c1-28(26,27)16-11-3-2-8-13(16)18(23)21-22-19(24)14-9-4-6-12-7-5-10-15(17(12)14)20(22)25/h2-11H,1H3,(H,21,23). The molecule has 0 saturated heterocycles. The lowest BCUT2D eigenvalue weighted by Gasteiger charge is -2.27. The molecule has 1 heterocycles. The second-order valence-corrected chi connectivity index (χ2v) is 8.35. The van der Waals surface area contributed by atoms with E-state index in [1.54, 1.807) is 36.4 Å². The Morgan fingerprint density at radius 3 is 2.00 bits per heavy atom. The molecule has 0 atom stereocenters. The molecule has 0 bridgehead atoms. The van der Waals surface area contributed by atoms with Crippen LogP contribution in [0.5, 0.6) is 0 Å². The Morgan fingerprint density at radius 2 is 1.43 bits per heavy atom. The highest BCUT2D eigenvalue weighted by atomic mass is 32.2. The normalized spacial score (nSPS) is 13.7. The van der Waals surface area contributed by atoms with Crippen molar-refractivity contribution in [3.8, 4) is 0 Å². The van der Waals surface area contributed by atoms with Gasteiger partial charge in [0, 0.05) is 11.6 Å². The van der Waals surface area contributed by atoms with E-state index in [1.807, 2.05) is 0 Å². The lowest BCUT2D eigenvalue weighted by atomic mass is 9.95. The molecule has 0 aliphatic carbocycles. The van der Waals surface area contributed by atoms with Gasteiger partial charge in [-0.3, -0.25) is 19.8 Å². The summed E-state index contributed by atoms with van der Waals surface area (Å²) in [7, 11) is -3.68. The van der Waals surface area contributed by atoms with Crippen LogP contribution in [-0.4, -0.2) is 37.4 Å². The summed E-state index contributed by atoms with van der Waals surface area (Å²) in [5, 5.41) is 1.89. The number of carbonyl (C=O) groups is 3. The first-order valence-corrected chi connectivity index (χ1v) is 10.2. The highest BCUT2D eigenvalue weighted by molar-refractivity contribution is 7.90. The first kappa shape index (κ1) is 17.9. The second-order valence-electron chi connectivity index (χ2n) is 6.36. The van der Waals surface area contributed by atoms with Crippen LogP contribution in [0, 0.1) is 0 Å². The maximum absolute atomic E-state index is 12.8. The number of nitrogens with one attached hydrogen (secondary N) is 1. The van der Waals surface area contributed by atoms with Crippen molar-refractivity contribution in [2.24, 2.45) is 0 Å². The number of carbonyl (C=O) groups excluding carboxylic acids is 3. The second kappa shape index (κ2) is 6.28. The molecule has 0 radical (unpaired) electrons. The molecule has 140 valence electrons. The Hall–Kier alpha value is -3.52. The van der Waals surface area contributed by atoms with Gasteiger partial charge in [0.25, 0.3) is 17.7 Å². The molecule has 1 aliphatic rings. The number of hydrazine groups is 1. The molecule has 0 aromatic heterocycles. The van der Waals surface area contributed by atoms with Crippen molar-refractivity contribution in [1.82, 2.24) is 10.4 Å². The molecule has 0 saturated carbocycles. The van der Waals surface area contributed by atoms with Gasteiger partial charge in [0.15, 0.2) is 9.84 Å².